The third-order valence-electron chi connectivity index (χ3n) is 12.9. The van der Waals surface area contributed by atoms with E-state index in [0.717, 1.165) is 38.5 Å². The molecule has 0 aromatic rings. The minimum absolute atomic E-state index is 0.151. The average Bonchev–Trinajstić information content (AvgIpc) is 3.24. The van der Waals surface area contributed by atoms with Gasteiger partial charge in [0.05, 0.1) is 18.8 Å². The Hall–Kier alpha value is -0.910. The van der Waals surface area contributed by atoms with Crippen molar-refractivity contribution in [2.45, 2.75) is 321 Å². The summed E-state index contributed by atoms with van der Waals surface area (Å²) in [5.41, 5.74) is 0. The lowest BCUT2D eigenvalue weighted by molar-refractivity contribution is -0.124. The maximum atomic E-state index is 12.4. The molecule has 0 saturated carbocycles. The van der Waals surface area contributed by atoms with Crippen LogP contribution in [-0.4, -0.2) is 46.1 Å². The van der Waals surface area contributed by atoms with Crippen molar-refractivity contribution in [3.8, 4) is 0 Å². The van der Waals surface area contributed by atoms with Crippen LogP contribution in [0.2, 0.25) is 0 Å². The first-order valence-electron chi connectivity index (χ1n) is 27.0. The highest BCUT2D eigenvalue weighted by molar-refractivity contribution is 5.76. The Morgan fingerprint density at radius 3 is 0.983 bits per heavy atom. The molecular weight excluding hydrogens is 727 g/mol. The van der Waals surface area contributed by atoms with E-state index in [1.807, 2.05) is 0 Å². The quantitative estimate of drug-likeness (QED) is 0.0363. The van der Waals surface area contributed by atoms with E-state index in [0.29, 0.717) is 12.8 Å². The minimum Gasteiger partial charge on any atom is -0.394 e. The highest BCUT2D eigenvalue weighted by Crippen LogP contribution is 2.18. The van der Waals surface area contributed by atoms with Crippen LogP contribution in [0, 0.1) is 0 Å². The van der Waals surface area contributed by atoms with E-state index in [9.17, 15) is 20.1 Å². The van der Waals surface area contributed by atoms with Crippen molar-refractivity contribution in [3.63, 3.8) is 0 Å². The van der Waals surface area contributed by atoms with Gasteiger partial charge in [-0.3, -0.25) is 4.79 Å². The fourth-order valence-corrected chi connectivity index (χ4v) is 8.70. The van der Waals surface area contributed by atoms with Crippen molar-refractivity contribution in [2.75, 3.05) is 6.61 Å². The third kappa shape index (κ3) is 44.9. The number of rotatable bonds is 50. The Morgan fingerprint density at radius 2 is 0.678 bits per heavy atom. The Labute approximate surface area is 369 Å². The number of carbonyl (C=O) groups excluding carboxylic acids is 1. The molecule has 0 heterocycles. The van der Waals surface area contributed by atoms with Crippen LogP contribution in [-0.2, 0) is 4.79 Å². The summed E-state index contributed by atoms with van der Waals surface area (Å²) in [7, 11) is 0. The zero-order valence-corrected chi connectivity index (χ0v) is 40.2. The number of amides is 1. The third-order valence-corrected chi connectivity index (χ3v) is 12.9. The molecule has 5 nitrogen and oxygen atoms in total. The molecule has 0 aromatic heterocycles. The molecule has 3 unspecified atom stereocenters. The van der Waals surface area contributed by atoms with Gasteiger partial charge in [-0.25, -0.2) is 0 Å². The molecule has 0 saturated heterocycles. The molecule has 4 N–H and O–H groups in total. The number of unbranched alkanes of at least 4 members (excludes halogenated alkanes) is 40. The predicted octanol–water partition coefficient (Wildman–Crippen LogP) is 16.3. The SMILES string of the molecule is CCCCC/C=C/CCCC(O)C(O)C(CO)NC(=O)CCCCCCCCCCCCCCCCCCCCCCCCCCCCCCCCCCCCCCC. The lowest BCUT2D eigenvalue weighted by Crippen LogP contribution is -2.50. The smallest absolute Gasteiger partial charge is 0.220 e. The zero-order chi connectivity index (χ0) is 43.0. The lowest BCUT2D eigenvalue weighted by atomic mass is 10.0. The van der Waals surface area contributed by atoms with E-state index in [1.165, 1.54) is 238 Å². The van der Waals surface area contributed by atoms with Gasteiger partial charge in [0.1, 0.15) is 6.10 Å². The van der Waals surface area contributed by atoms with Gasteiger partial charge in [-0.15, -0.1) is 0 Å². The second kappa shape index (κ2) is 49.7. The van der Waals surface area contributed by atoms with E-state index in [4.69, 9.17) is 0 Å². The summed E-state index contributed by atoms with van der Waals surface area (Å²) in [6.45, 7) is 4.13. The second-order valence-corrected chi connectivity index (χ2v) is 18.8. The van der Waals surface area contributed by atoms with Gasteiger partial charge in [0.2, 0.25) is 5.91 Å². The number of aliphatic hydroxyl groups excluding tert-OH is 3. The number of aliphatic hydroxyl groups is 3. The molecule has 3 atom stereocenters. The molecule has 0 bridgehead atoms. The van der Waals surface area contributed by atoms with E-state index in [1.54, 1.807) is 0 Å². The topological polar surface area (TPSA) is 89.8 Å². The van der Waals surface area contributed by atoms with Gasteiger partial charge in [0.25, 0.3) is 0 Å². The van der Waals surface area contributed by atoms with Crippen LogP contribution in [0.5, 0.6) is 0 Å². The molecule has 1 amide bonds. The number of nitrogens with one attached hydrogen (secondary N) is 1. The Bertz CT molecular complexity index is 833. The van der Waals surface area contributed by atoms with Crippen molar-refractivity contribution in [1.29, 1.82) is 0 Å². The van der Waals surface area contributed by atoms with Gasteiger partial charge >= 0.3 is 0 Å². The monoisotopic (exact) mass is 834 g/mol. The lowest BCUT2D eigenvalue weighted by Gasteiger charge is -2.26. The van der Waals surface area contributed by atoms with Gasteiger partial charge < -0.3 is 20.6 Å². The van der Waals surface area contributed by atoms with E-state index in [2.05, 4.69) is 31.3 Å². The van der Waals surface area contributed by atoms with Crippen LogP contribution >= 0.6 is 0 Å². The minimum atomic E-state index is -1.15. The summed E-state index contributed by atoms with van der Waals surface area (Å²) in [5, 5.41) is 33.3. The van der Waals surface area contributed by atoms with E-state index < -0.39 is 18.2 Å². The molecule has 0 spiro atoms. The first kappa shape index (κ1) is 58.1. The van der Waals surface area contributed by atoms with Crippen LogP contribution in [0.15, 0.2) is 12.2 Å². The highest BCUT2D eigenvalue weighted by Gasteiger charge is 2.26. The molecule has 0 fully saturated rings. The molecule has 0 rings (SSSR count). The molecule has 59 heavy (non-hydrogen) atoms. The summed E-state index contributed by atoms with van der Waals surface area (Å²) >= 11 is 0. The van der Waals surface area contributed by atoms with Crippen molar-refractivity contribution in [1.82, 2.24) is 5.32 Å². The Morgan fingerprint density at radius 1 is 0.407 bits per heavy atom. The normalized spacial score (nSPS) is 13.4. The fraction of sp³-hybridized carbons (Fsp3) is 0.944. The number of carbonyl (C=O) groups is 1. The fourth-order valence-electron chi connectivity index (χ4n) is 8.70. The number of hydrogen-bond donors (Lipinski definition) is 4. The molecule has 352 valence electrons. The van der Waals surface area contributed by atoms with Crippen molar-refractivity contribution < 1.29 is 20.1 Å². The molecule has 5 heteroatoms. The van der Waals surface area contributed by atoms with Gasteiger partial charge in [-0.05, 0) is 38.5 Å². The summed E-state index contributed by atoms with van der Waals surface area (Å²) in [6, 6.07) is -0.820. The second-order valence-electron chi connectivity index (χ2n) is 18.8. The molecule has 0 radical (unpaired) electrons. The predicted molar refractivity (Wildman–Crippen MR) is 259 cm³/mol. The highest BCUT2D eigenvalue weighted by atomic mass is 16.3. The molecule has 0 aliphatic heterocycles. The maximum absolute atomic E-state index is 12.4. The van der Waals surface area contributed by atoms with Crippen molar-refractivity contribution >= 4 is 5.91 Å². The number of hydrogen-bond acceptors (Lipinski definition) is 4. The average molecular weight is 834 g/mol. The standard InChI is InChI=1S/C54H107NO4/c1-3-5-7-9-11-13-14-15-16-17-18-19-20-21-22-23-24-25-26-27-28-29-30-31-32-33-34-35-36-37-38-39-40-41-43-45-47-49-53(58)55-51(50-56)54(59)52(57)48-46-44-42-12-10-8-6-4-2/h12,42,51-52,54,56-57,59H,3-11,13-41,43-50H2,1-2H3,(H,55,58)/b42-12+. The zero-order valence-electron chi connectivity index (χ0n) is 40.2. The molecule has 0 aliphatic carbocycles. The molecular formula is C54H107NO4. The van der Waals surface area contributed by atoms with Gasteiger partial charge in [-0.1, -0.05) is 270 Å². The first-order chi connectivity index (χ1) is 29.1. The van der Waals surface area contributed by atoms with E-state index in [-0.39, 0.29) is 12.5 Å². The summed E-state index contributed by atoms with van der Waals surface area (Å²) in [4.78, 5) is 12.4. The van der Waals surface area contributed by atoms with Crippen LogP contribution in [0.3, 0.4) is 0 Å². The van der Waals surface area contributed by atoms with Crippen molar-refractivity contribution in [2.24, 2.45) is 0 Å². The largest absolute Gasteiger partial charge is 0.394 e. The number of allylic oxidation sites excluding steroid dienone is 2. The summed E-state index contributed by atoms with van der Waals surface area (Å²) in [5.74, 6) is -0.151. The van der Waals surface area contributed by atoms with Gasteiger partial charge in [-0.2, -0.15) is 0 Å². The van der Waals surface area contributed by atoms with Crippen LogP contribution in [0.4, 0.5) is 0 Å². The van der Waals surface area contributed by atoms with Gasteiger partial charge in [0.15, 0.2) is 0 Å². The van der Waals surface area contributed by atoms with E-state index >= 15 is 0 Å². The van der Waals surface area contributed by atoms with Crippen LogP contribution in [0.1, 0.15) is 303 Å². The van der Waals surface area contributed by atoms with Crippen LogP contribution in [0.25, 0.3) is 0 Å². The molecule has 0 aliphatic rings. The summed E-state index contributed by atoms with van der Waals surface area (Å²) < 4.78 is 0. The van der Waals surface area contributed by atoms with Gasteiger partial charge in [0, 0.05) is 6.42 Å². The van der Waals surface area contributed by atoms with Crippen molar-refractivity contribution in [3.05, 3.63) is 12.2 Å². The Kier molecular flexibility index (Phi) is 49.0. The van der Waals surface area contributed by atoms with Crippen LogP contribution < -0.4 is 5.32 Å². The molecule has 0 aromatic carbocycles. The summed E-state index contributed by atoms with van der Waals surface area (Å²) in [6.07, 6.45) is 61.3. The Balaban J connectivity index is 3.35. The maximum Gasteiger partial charge on any atom is 0.220 e. The first-order valence-corrected chi connectivity index (χ1v) is 27.0.